The van der Waals surface area contributed by atoms with Gasteiger partial charge in [0.25, 0.3) is 0 Å². The molecule has 5 fully saturated rings. The summed E-state index contributed by atoms with van der Waals surface area (Å²) in [5, 5.41) is 0. The molecule has 2 N–H and O–H groups in total. The van der Waals surface area contributed by atoms with Gasteiger partial charge in [-0.05, 0) is 69.1 Å². The molecule has 0 aromatic carbocycles. The third-order valence-electron chi connectivity index (χ3n) is 6.30. The number of carbonyl (C=O) groups is 2. The zero-order valence-corrected chi connectivity index (χ0v) is 12.0. The van der Waals surface area contributed by atoms with E-state index < -0.39 is 0 Å². The van der Waals surface area contributed by atoms with Crippen molar-refractivity contribution in [1.82, 2.24) is 10.9 Å². The lowest BCUT2D eigenvalue weighted by Gasteiger charge is -2.55. The fourth-order valence-corrected chi connectivity index (χ4v) is 5.41. The summed E-state index contributed by atoms with van der Waals surface area (Å²) in [6.45, 7) is 0. The van der Waals surface area contributed by atoms with Crippen LogP contribution in [0.1, 0.15) is 57.8 Å². The number of rotatable bonds is 2. The van der Waals surface area contributed by atoms with Gasteiger partial charge in [-0.15, -0.1) is 0 Å². The first-order valence-electron chi connectivity index (χ1n) is 8.25. The normalized spacial score (nSPS) is 42.1. The van der Waals surface area contributed by atoms with Gasteiger partial charge in [0, 0.05) is 5.92 Å². The Morgan fingerprint density at radius 2 is 1.40 bits per heavy atom. The molecule has 0 spiro atoms. The molecule has 5 aliphatic carbocycles. The Morgan fingerprint density at radius 1 is 0.850 bits per heavy atom. The molecule has 0 heterocycles. The second-order valence-electron chi connectivity index (χ2n) is 7.77. The molecule has 0 unspecified atom stereocenters. The van der Waals surface area contributed by atoms with Crippen molar-refractivity contribution < 1.29 is 9.59 Å². The lowest BCUT2D eigenvalue weighted by Crippen LogP contribution is -2.57. The molecule has 4 bridgehead atoms. The highest BCUT2D eigenvalue weighted by Crippen LogP contribution is 2.60. The second-order valence-corrected chi connectivity index (χ2v) is 7.77. The molecule has 0 aliphatic heterocycles. The molecule has 110 valence electrons. The maximum absolute atomic E-state index is 12.6. The number of hydrogen-bond acceptors (Lipinski definition) is 2. The van der Waals surface area contributed by atoms with Gasteiger partial charge < -0.3 is 0 Å². The second kappa shape index (κ2) is 4.47. The van der Waals surface area contributed by atoms with E-state index in [4.69, 9.17) is 0 Å². The molecule has 20 heavy (non-hydrogen) atoms. The van der Waals surface area contributed by atoms with Crippen molar-refractivity contribution in [3.05, 3.63) is 0 Å². The highest BCUT2D eigenvalue weighted by atomic mass is 16.2. The number of hydrogen-bond donors (Lipinski definition) is 2. The number of nitrogens with one attached hydrogen (secondary N) is 2. The Labute approximate surface area is 120 Å². The van der Waals surface area contributed by atoms with Gasteiger partial charge in [-0.3, -0.25) is 20.4 Å². The van der Waals surface area contributed by atoms with Gasteiger partial charge in [-0.25, -0.2) is 0 Å². The van der Waals surface area contributed by atoms with Crippen LogP contribution < -0.4 is 10.9 Å². The quantitative estimate of drug-likeness (QED) is 0.759. The largest absolute Gasteiger partial charge is 0.273 e. The van der Waals surface area contributed by atoms with Gasteiger partial charge in [0.1, 0.15) is 0 Å². The molecule has 4 nitrogen and oxygen atoms in total. The summed E-state index contributed by atoms with van der Waals surface area (Å²) in [5.41, 5.74) is 5.26. The van der Waals surface area contributed by atoms with Gasteiger partial charge in [0.05, 0.1) is 5.41 Å². The summed E-state index contributed by atoms with van der Waals surface area (Å²) < 4.78 is 0. The van der Waals surface area contributed by atoms with E-state index in [9.17, 15) is 9.59 Å². The van der Waals surface area contributed by atoms with E-state index in [1.54, 1.807) is 0 Å². The van der Waals surface area contributed by atoms with E-state index in [-0.39, 0.29) is 23.1 Å². The highest BCUT2D eigenvalue weighted by Gasteiger charge is 2.54. The molecule has 5 aliphatic rings. The monoisotopic (exact) mass is 276 g/mol. The summed E-state index contributed by atoms with van der Waals surface area (Å²) in [5.74, 6) is 2.50. The van der Waals surface area contributed by atoms with Crippen LogP contribution in [0.4, 0.5) is 0 Å². The van der Waals surface area contributed by atoms with Crippen molar-refractivity contribution in [3.63, 3.8) is 0 Å². The Balaban J connectivity index is 1.39. The molecular weight excluding hydrogens is 252 g/mol. The summed E-state index contributed by atoms with van der Waals surface area (Å²) in [7, 11) is 0. The molecule has 0 aromatic heterocycles. The molecule has 5 rings (SSSR count). The average Bonchev–Trinajstić information content (AvgIpc) is 2.32. The van der Waals surface area contributed by atoms with Crippen molar-refractivity contribution in [2.24, 2.45) is 29.1 Å². The van der Waals surface area contributed by atoms with Gasteiger partial charge in [0.15, 0.2) is 0 Å². The fraction of sp³-hybridized carbons (Fsp3) is 0.875. The molecule has 2 amide bonds. The average molecular weight is 276 g/mol. The Kier molecular flexibility index (Phi) is 2.83. The molecule has 0 aromatic rings. The van der Waals surface area contributed by atoms with Crippen molar-refractivity contribution in [3.8, 4) is 0 Å². The van der Waals surface area contributed by atoms with E-state index >= 15 is 0 Å². The lowest BCUT2D eigenvalue weighted by molar-refractivity contribution is -0.149. The van der Waals surface area contributed by atoms with E-state index in [0.717, 1.165) is 56.3 Å². The Morgan fingerprint density at radius 3 is 1.85 bits per heavy atom. The zero-order valence-electron chi connectivity index (χ0n) is 12.0. The smallest absolute Gasteiger partial charge is 0.244 e. The first kappa shape index (κ1) is 12.7. The van der Waals surface area contributed by atoms with Crippen molar-refractivity contribution in [2.75, 3.05) is 0 Å². The molecule has 4 heteroatoms. The van der Waals surface area contributed by atoms with E-state index in [0.29, 0.717) is 0 Å². The minimum Gasteiger partial charge on any atom is -0.273 e. The maximum Gasteiger partial charge on any atom is 0.244 e. The minimum atomic E-state index is -0.165. The van der Waals surface area contributed by atoms with Crippen LogP contribution in [0.5, 0.6) is 0 Å². The maximum atomic E-state index is 12.6. The van der Waals surface area contributed by atoms with Crippen molar-refractivity contribution >= 4 is 11.8 Å². The summed E-state index contributed by atoms with van der Waals surface area (Å²) in [6.07, 6.45) is 10.2. The lowest BCUT2D eigenvalue weighted by atomic mass is 9.49. The molecule has 0 saturated heterocycles. The SMILES string of the molecule is O=C(NNC(=O)C12CC3CC(CC(C3)C1)C2)C1CCC1. The van der Waals surface area contributed by atoms with Crippen molar-refractivity contribution in [2.45, 2.75) is 57.8 Å². The summed E-state index contributed by atoms with van der Waals surface area (Å²) in [6, 6.07) is 0. The first-order valence-corrected chi connectivity index (χ1v) is 8.25. The third-order valence-corrected chi connectivity index (χ3v) is 6.30. The first-order chi connectivity index (χ1) is 9.64. The van der Waals surface area contributed by atoms with Crippen LogP contribution in [0, 0.1) is 29.1 Å². The molecular formula is C16H24N2O2. The zero-order chi connectivity index (χ0) is 13.7. The molecule has 0 radical (unpaired) electrons. The minimum absolute atomic E-state index is 0.00864. The molecule has 0 atom stereocenters. The van der Waals surface area contributed by atoms with Crippen molar-refractivity contribution in [1.29, 1.82) is 0 Å². The summed E-state index contributed by atoms with van der Waals surface area (Å²) in [4.78, 5) is 24.4. The van der Waals surface area contributed by atoms with Crippen LogP contribution in [0.3, 0.4) is 0 Å². The highest BCUT2D eigenvalue weighted by molar-refractivity contribution is 5.87. The van der Waals surface area contributed by atoms with E-state index in [2.05, 4.69) is 10.9 Å². The Hall–Kier alpha value is -1.06. The predicted molar refractivity (Wildman–Crippen MR) is 74.2 cm³/mol. The van der Waals surface area contributed by atoms with Crippen LogP contribution in [-0.4, -0.2) is 11.8 Å². The number of amides is 2. The van der Waals surface area contributed by atoms with Gasteiger partial charge >= 0.3 is 0 Å². The van der Waals surface area contributed by atoms with Gasteiger partial charge in [0.2, 0.25) is 11.8 Å². The van der Waals surface area contributed by atoms with Crippen LogP contribution in [0.2, 0.25) is 0 Å². The van der Waals surface area contributed by atoms with Gasteiger partial charge in [-0.1, -0.05) is 6.42 Å². The molecule has 5 saturated carbocycles. The van der Waals surface area contributed by atoms with Crippen LogP contribution in [0.25, 0.3) is 0 Å². The number of carbonyl (C=O) groups excluding carboxylic acids is 2. The standard InChI is InChI=1S/C16H24N2O2/c19-14(13-2-1-3-13)17-18-15(20)16-7-10-4-11(8-16)6-12(5-10)9-16/h10-13H,1-9H2,(H,17,19)(H,18,20). The fourth-order valence-electron chi connectivity index (χ4n) is 5.41. The Bertz CT molecular complexity index is 406. The predicted octanol–water partition coefficient (Wildman–Crippen LogP) is 2.15. The topological polar surface area (TPSA) is 58.2 Å². The van der Waals surface area contributed by atoms with Crippen LogP contribution >= 0.6 is 0 Å². The summed E-state index contributed by atoms with van der Waals surface area (Å²) >= 11 is 0. The van der Waals surface area contributed by atoms with E-state index in [1.165, 1.54) is 19.3 Å². The third kappa shape index (κ3) is 1.95. The number of hydrazine groups is 1. The van der Waals surface area contributed by atoms with Crippen LogP contribution in [-0.2, 0) is 9.59 Å². The van der Waals surface area contributed by atoms with Gasteiger partial charge in [-0.2, -0.15) is 0 Å². The van der Waals surface area contributed by atoms with E-state index in [1.807, 2.05) is 0 Å². The van der Waals surface area contributed by atoms with Crippen LogP contribution in [0.15, 0.2) is 0 Å².